The van der Waals surface area contributed by atoms with Crippen LogP contribution in [0.2, 0.25) is 0 Å². The first-order valence-electron chi connectivity index (χ1n) is 10.1. The Labute approximate surface area is 194 Å². The Balaban J connectivity index is 1.57. The maximum Gasteiger partial charge on any atom is 0.270 e. The van der Waals surface area contributed by atoms with Gasteiger partial charge in [0.1, 0.15) is 11.6 Å². The largest absolute Gasteiger partial charge is 0.496 e. The highest BCUT2D eigenvalue weighted by Gasteiger charge is 2.17. The Morgan fingerprint density at radius 1 is 1.12 bits per heavy atom. The van der Waals surface area contributed by atoms with Crippen molar-refractivity contribution < 1.29 is 9.66 Å². The number of hydrogen-bond donors (Lipinski definition) is 0. The molecule has 0 spiro atoms. The number of methoxy groups -OCH3 is 1. The molecule has 32 heavy (non-hydrogen) atoms. The van der Waals surface area contributed by atoms with Crippen LogP contribution in [0.25, 0.3) is 0 Å². The molecule has 0 radical (unpaired) electrons. The number of nitrogens with zero attached hydrogens (tertiary/aromatic N) is 4. The fraction of sp³-hybridized carbons (Fsp3) is 0.217. The smallest absolute Gasteiger partial charge is 0.270 e. The third-order valence-corrected chi connectivity index (χ3v) is 6.90. The van der Waals surface area contributed by atoms with Gasteiger partial charge < -0.3 is 9.30 Å². The van der Waals surface area contributed by atoms with E-state index in [1.807, 2.05) is 24.3 Å². The summed E-state index contributed by atoms with van der Waals surface area (Å²) in [5, 5.41) is 22.9. The molecule has 2 aromatic heterocycles. The highest BCUT2D eigenvalue weighted by atomic mass is 32.2. The molecule has 0 amide bonds. The monoisotopic (exact) mass is 466 g/mol. The second-order valence-corrected chi connectivity index (χ2v) is 9.06. The lowest BCUT2D eigenvalue weighted by molar-refractivity contribution is -0.384. The number of ether oxygens (including phenoxy) is 1. The van der Waals surface area contributed by atoms with Crippen LogP contribution in [-0.2, 0) is 25.1 Å². The summed E-state index contributed by atoms with van der Waals surface area (Å²) in [4.78, 5) is 12.0. The molecule has 0 aliphatic carbocycles. The first-order chi connectivity index (χ1) is 15.6. The number of thiophene rings is 1. The van der Waals surface area contributed by atoms with Crippen molar-refractivity contribution in [1.29, 1.82) is 0 Å². The van der Waals surface area contributed by atoms with Gasteiger partial charge in [0.05, 0.1) is 12.0 Å². The van der Waals surface area contributed by atoms with Crippen molar-refractivity contribution in [1.82, 2.24) is 14.8 Å². The minimum atomic E-state index is -0.394. The lowest BCUT2D eigenvalue weighted by Gasteiger charge is -2.11. The zero-order chi connectivity index (χ0) is 22.3. The summed E-state index contributed by atoms with van der Waals surface area (Å²) in [5.41, 5.74) is 2.05. The van der Waals surface area contributed by atoms with Gasteiger partial charge in [-0.1, -0.05) is 48.2 Å². The van der Waals surface area contributed by atoms with E-state index in [1.165, 1.54) is 28.3 Å². The molecule has 0 N–H and O–H groups in total. The number of non-ortho nitro benzene ring substituents is 1. The van der Waals surface area contributed by atoms with Crippen molar-refractivity contribution in [2.75, 3.05) is 7.11 Å². The van der Waals surface area contributed by atoms with Gasteiger partial charge in [0.15, 0.2) is 5.16 Å². The Morgan fingerprint density at radius 3 is 2.69 bits per heavy atom. The number of nitro groups is 1. The molecule has 2 aromatic carbocycles. The molecular weight excluding hydrogens is 444 g/mol. The van der Waals surface area contributed by atoms with Gasteiger partial charge in [0.25, 0.3) is 5.69 Å². The van der Waals surface area contributed by atoms with Gasteiger partial charge in [0.2, 0.25) is 0 Å². The Bertz CT molecular complexity index is 1180. The van der Waals surface area contributed by atoms with Crippen molar-refractivity contribution in [2.24, 2.45) is 0 Å². The van der Waals surface area contributed by atoms with Crippen LogP contribution in [-0.4, -0.2) is 26.8 Å². The quantitative estimate of drug-likeness (QED) is 0.177. The molecule has 0 fully saturated rings. The topological polar surface area (TPSA) is 83.1 Å². The average molecular weight is 467 g/mol. The Kier molecular flexibility index (Phi) is 7.18. The molecule has 4 rings (SSSR count). The molecule has 0 aliphatic rings. The van der Waals surface area contributed by atoms with Gasteiger partial charge in [-0.25, -0.2) is 0 Å². The van der Waals surface area contributed by atoms with Crippen LogP contribution < -0.4 is 4.74 Å². The van der Waals surface area contributed by atoms with E-state index in [-0.39, 0.29) is 5.69 Å². The summed E-state index contributed by atoms with van der Waals surface area (Å²) in [6.45, 7) is 0.756. The van der Waals surface area contributed by atoms with Crippen molar-refractivity contribution >= 4 is 28.8 Å². The summed E-state index contributed by atoms with van der Waals surface area (Å²) in [5.74, 6) is 2.03. The van der Waals surface area contributed by atoms with E-state index in [0.717, 1.165) is 35.9 Å². The van der Waals surface area contributed by atoms with Crippen molar-refractivity contribution in [3.05, 3.63) is 98.0 Å². The van der Waals surface area contributed by atoms with E-state index in [1.54, 1.807) is 30.6 Å². The van der Waals surface area contributed by atoms with E-state index < -0.39 is 4.92 Å². The second-order valence-electron chi connectivity index (χ2n) is 7.08. The number of hydrogen-bond acceptors (Lipinski definition) is 7. The number of thioether (sulfide) groups is 1. The summed E-state index contributed by atoms with van der Waals surface area (Å²) in [6, 6.07) is 19.1. The molecule has 0 atom stereocenters. The van der Waals surface area contributed by atoms with E-state index >= 15 is 0 Å². The molecule has 164 valence electrons. The van der Waals surface area contributed by atoms with Crippen LogP contribution >= 0.6 is 23.1 Å². The van der Waals surface area contributed by atoms with E-state index in [4.69, 9.17) is 4.74 Å². The molecule has 0 saturated heterocycles. The first kappa shape index (κ1) is 22.0. The first-order valence-corrected chi connectivity index (χ1v) is 11.9. The minimum Gasteiger partial charge on any atom is -0.496 e. The van der Waals surface area contributed by atoms with E-state index in [2.05, 4.69) is 38.3 Å². The van der Waals surface area contributed by atoms with Gasteiger partial charge in [-0.15, -0.1) is 21.5 Å². The number of benzene rings is 2. The third kappa shape index (κ3) is 5.35. The van der Waals surface area contributed by atoms with Gasteiger partial charge in [0, 0.05) is 41.3 Å². The molecule has 0 aliphatic heterocycles. The fourth-order valence-corrected chi connectivity index (χ4v) is 5.03. The van der Waals surface area contributed by atoms with Crippen LogP contribution in [0.4, 0.5) is 5.69 Å². The summed E-state index contributed by atoms with van der Waals surface area (Å²) >= 11 is 3.21. The zero-order valence-electron chi connectivity index (χ0n) is 17.5. The van der Waals surface area contributed by atoms with Gasteiger partial charge in [-0.3, -0.25) is 10.1 Å². The molecular formula is C23H22N4O3S2. The lowest BCUT2D eigenvalue weighted by atomic mass is 10.1. The average Bonchev–Trinajstić information content (AvgIpc) is 3.47. The molecule has 2 heterocycles. The molecule has 0 bridgehead atoms. The predicted octanol–water partition coefficient (Wildman–Crippen LogP) is 5.38. The summed E-state index contributed by atoms with van der Waals surface area (Å²) < 4.78 is 7.56. The summed E-state index contributed by atoms with van der Waals surface area (Å²) in [6.07, 6.45) is 1.59. The lowest BCUT2D eigenvalue weighted by Crippen LogP contribution is -2.08. The zero-order valence-corrected chi connectivity index (χ0v) is 19.1. The van der Waals surface area contributed by atoms with Crippen molar-refractivity contribution in [3.8, 4) is 5.75 Å². The van der Waals surface area contributed by atoms with Crippen LogP contribution in [0.5, 0.6) is 5.75 Å². The highest BCUT2D eigenvalue weighted by Crippen LogP contribution is 2.31. The molecule has 4 aromatic rings. The van der Waals surface area contributed by atoms with Crippen LogP contribution in [0.15, 0.2) is 71.2 Å². The van der Waals surface area contributed by atoms with Gasteiger partial charge >= 0.3 is 0 Å². The maximum absolute atomic E-state index is 11.2. The van der Waals surface area contributed by atoms with Crippen LogP contribution in [0, 0.1) is 10.1 Å². The Morgan fingerprint density at radius 2 is 1.97 bits per heavy atom. The third-order valence-electron chi connectivity index (χ3n) is 5.00. The number of rotatable bonds is 10. The minimum absolute atomic E-state index is 0.0466. The normalized spacial score (nSPS) is 10.9. The maximum atomic E-state index is 11.2. The SMILES string of the molecule is COc1ccc([N+](=O)[O-])cc1CSc1nnc(Cc2cccs2)n1CCc1ccccc1. The Hall–Kier alpha value is -3.17. The number of nitro benzene ring substituents is 1. The van der Waals surface area contributed by atoms with E-state index in [0.29, 0.717) is 11.5 Å². The van der Waals surface area contributed by atoms with Crippen LogP contribution in [0.3, 0.4) is 0 Å². The second kappa shape index (κ2) is 10.4. The molecule has 0 unspecified atom stereocenters. The number of aryl methyl sites for hydroxylation is 1. The van der Waals surface area contributed by atoms with Crippen molar-refractivity contribution in [3.63, 3.8) is 0 Å². The van der Waals surface area contributed by atoms with Crippen molar-refractivity contribution in [2.45, 2.75) is 30.3 Å². The fourth-order valence-electron chi connectivity index (χ4n) is 3.37. The predicted molar refractivity (Wildman–Crippen MR) is 127 cm³/mol. The summed E-state index contributed by atoms with van der Waals surface area (Å²) in [7, 11) is 1.57. The van der Waals surface area contributed by atoms with E-state index in [9.17, 15) is 10.1 Å². The van der Waals surface area contributed by atoms with Gasteiger partial charge in [-0.05, 0) is 29.5 Å². The highest BCUT2D eigenvalue weighted by molar-refractivity contribution is 7.98. The molecule has 7 nitrogen and oxygen atoms in total. The number of aromatic nitrogens is 3. The van der Waals surface area contributed by atoms with Gasteiger partial charge in [-0.2, -0.15) is 0 Å². The standard InChI is InChI=1S/C23H22N4O3S2/c1-30-21-10-9-19(27(28)29)14-18(21)16-32-23-25-24-22(15-20-8-5-13-31-20)26(23)12-11-17-6-3-2-4-7-17/h2-10,13-14H,11-12,15-16H2,1H3. The van der Waals surface area contributed by atoms with Crippen LogP contribution in [0.1, 0.15) is 21.8 Å². The molecule has 9 heteroatoms. The molecule has 0 saturated carbocycles.